The van der Waals surface area contributed by atoms with Crippen LogP contribution in [0.1, 0.15) is 10.4 Å². The van der Waals surface area contributed by atoms with Gasteiger partial charge in [0.05, 0.1) is 22.0 Å². The number of hydrogen-bond donors (Lipinski definition) is 1. The number of carbonyl (C=O) groups excluding carboxylic acids is 1. The maximum Gasteiger partial charge on any atom is 0.257 e. The molecule has 0 spiro atoms. The smallest absolute Gasteiger partial charge is 0.257 e. The van der Waals surface area contributed by atoms with Gasteiger partial charge in [-0.25, -0.2) is 0 Å². The van der Waals surface area contributed by atoms with Crippen LogP contribution in [0.5, 0.6) is 0 Å². The summed E-state index contributed by atoms with van der Waals surface area (Å²) in [6, 6.07) is 9.59. The second-order valence-electron chi connectivity index (χ2n) is 4.49. The Morgan fingerprint density at radius 1 is 1.04 bits per heavy atom. The fraction of sp³-hybridized carbons (Fsp3) is 0. The van der Waals surface area contributed by atoms with Crippen LogP contribution in [0.15, 0.2) is 42.7 Å². The van der Waals surface area contributed by atoms with E-state index in [1.165, 1.54) is 17.1 Å². The average molecular weight is 369 g/mol. The van der Waals surface area contributed by atoms with E-state index in [9.17, 15) is 4.79 Å². The number of rotatable bonds is 3. The zero-order chi connectivity index (χ0) is 16.4. The molecule has 6 nitrogen and oxygen atoms in total. The molecule has 0 saturated carbocycles. The number of nitrogens with zero attached hydrogens (tertiary/aromatic N) is 4. The molecular weight excluding hydrogens is 361 g/mol. The van der Waals surface area contributed by atoms with Gasteiger partial charge in [0.2, 0.25) is 0 Å². The van der Waals surface area contributed by atoms with Crippen LogP contribution >= 0.6 is 34.8 Å². The molecule has 0 fully saturated rings. The highest BCUT2D eigenvalue weighted by atomic mass is 35.5. The number of amides is 1. The van der Waals surface area contributed by atoms with E-state index in [1.54, 1.807) is 30.3 Å². The summed E-state index contributed by atoms with van der Waals surface area (Å²) in [7, 11) is 0. The summed E-state index contributed by atoms with van der Waals surface area (Å²) in [5.41, 5.74) is 1.17. The van der Waals surface area contributed by atoms with E-state index in [0.29, 0.717) is 32.0 Å². The van der Waals surface area contributed by atoms with Crippen molar-refractivity contribution in [3.63, 3.8) is 0 Å². The van der Waals surface area contributed by atoms with Crippen molar-refractivity contribution in [3.05, 3.63) is 63.4 Å². The molecule has 0 atom stereocenters. The SMILES string of the molecule is O=C(Nc1cc(Cl)ccc1Cl)c1cc(Cl)ccc1-n1cnnn1. The van der Waals surface area contributed by atoms with E-state index in [4.69, 9.17) is 34.8 Å². The normalized spacial score (nSPS) is 10.6. The Kier molecular flexibility index (Phi) is 4.47. The zero-order valence-corrected chi connectivity index (χ0v) is 13.6. The van der Waals surface area contributed by atoms with E-state index < -0.39 is 5.91 Å². The molecule has 116 valence electrons. The summed E-state index contributed by atoms with van der Waals surface area (Å²) in [6.07, 6.45) is 1.38. The molecule has 0 bridgehead atoms. The van der Waals surface area contributed by atoms with Crippen molar-refractivity contribution < 1.29 is 4.79 Å². The third kappa shape index (κ3) is 3.44. The van der Waals surface area contributed by atoms with Crippen LogP contribution in [0.25, 0.3) is 5.69 Å². The Balaban J connectivity index is 1.99. The van der Waals surface area contributed by atoms with Crippen molar-refractivity contribution >= 4 is 46.4 Å². The summed E-state index contributed by atoms with van der Waals surface area (Å²) < 4.78 is 1.37. The monoisotopic (exact) mass is 367 g/mol. The highest BCUT2D eigenvalue weighted by Gasteiger charge is 2.16. The number of anilines is 1. The summed E-state index contributed by atoms with van der Waals surface area (Å²) in [4.78, 5) is 12.6. The minimum Gasteiger partial charge on any atom is -0.321 e. The lowest BCUT2D eigenvalue weighted by Crippen LogP contribution is -2.15. The fourth-order valence-corrected chi connectivity index (χ4v) is 2.45. The molecule has 0 radical (unpaired) electrons. The second kappa shape index (κ2) is 6.54. The molecule has 23 heavy (non-hydrogen) atoms. The lowest BCUT2D eigenvalue weighted by atomic mass is 10.1. The number of tetrazole rings is 1. The molecule has 3 rings (SSSR count). The van der Waals surface area contributed by atoms with Gasteiger partial charge in [-0.3, -0.25) is 4.79 Å². The average Bonchev–Trinajstić information content (AvgIpc) is 3.05. The molecule has 0 saturated heterocycles. The fourth-order valence-electron chi connectivity index (χ4n) is 1.94. The van der Waals surface area contributed by atoms with Gasteiger partial charge in [0, 0.05) is 10.0 Å². The van der Waals surface area contributed by atoms with Crippen molar-refractivity contribution in [1.82, 2.24) is 20.2 Å². The van der Waals surface area contributed by atoms with Gasteiger partial charge in [-0.15, -0.1) is 5.10 Å². The first-order chi connectivity index (χ1) is 11.0. The van der Waals surface area contributed by atoms with Gasteiger partial charge in [-0.05, 0) is 46.8 Å². The van der Waals surface area contributed by atoms with Crippen LogP contribution < -0.4 is 5.32 Å². The Bertz CT molecular complexity index is 867. The minimum absolute atomic E-state index is 0.292. The van der Waals surface area contributed by atoms with Gasteiger partial charge in [-0.1, -0.05) is 34.8 Å². The van der Waals surface area contributed by atoms with Gasteiger partial charge in [0.1, 0.15) is 6.33 Å². The van der Waals surface area contributed by atoms with E-state index in [0.717, 1.165) is 0 Å². The summed E-state index contributed by atoms with van der Waals surface area (Å²) >= 11 is 18.0. The molecule has 1 aromatic heterocycles. The summed E-state index contributed by atoms with van der Waals surface area (Å²) in [6.45, 7) is 0. The number of benzene rings is 2. The summed E-state index contributed by atoms with van der Waals surface area (Å²) in [5.74, 6) is -0.415. The third-order valence-corrected chi connectivity index (χ3v) is 3.78. The van der Waals surface area contributed by atoms with Crippen molar-refractivity contribution in [2.45, 2.75) is 0 Å². The lowest BCUT2D eigenvalue weighted by molar-refractivity contribution is 0.102. The number of halogens is 3. The first-order valence-corrected chi connectivity index (χ1v) is 7.47. The number of nitrogens with one attached hydrogen (secondary N) is 1. The minimum atomic E-state index is -0.415. The standard InChI is InChI=1S/C14H8Cl3N5O/c15-8-2-4-13(22-7-18-20-21-22)10(5-8)14(23)19-12-6-9(16)1-3-11(12)17/h1-7H,(H,19,23). The van der Waals surface area contributed by atoms with Gasteiger partial charge in [0.25, 0.3) is 5.91 Å². The lowest BCUT2D eigenvalue weighted by Gasteiger charge is -2.11. The van der Waals surface area contributed by atoms with Crippen LogP contribution in [-0.4, -0.2) is 26.1 Å². The van der Waals surface area contributed by atoms with E-state index >= 15 is 0 Å². The van der Waals surface area contributed by atoms with Crippen LogP contribution in [0, 0.1) is 0 Å². The first-order valence-electron chi connectivity index (χ1n) is 6.34. The van der Waals surface area contributed by atoms with Crippen molar-refractivity contribution in [3.8, 4) is 5.69 Å². The predicted octanol–water partition coefficient (Wildman–Crippen LogP) is 3.87. The Labute approximate surface area is 146 Å². The first kappa shape index (κ1) is 15.7. The highest BCUT2D eigenvalue weighted by molar-refractivity contribution is 6.36. The zero-order valence-electron chi connectivity index (χ0n) is 11.4. The van der Waals surface area contributed by atoms with Crippen LogP contribution in [-0.2, 0) is 0 Å². The molecule has 1 amide bonds. The summed E-state index contributed by atoms with van der Waals surface area (Å²) in [5, 5.41) is 14.8. The topological polar surface area (TPSA) is 72.7 Å². The molecule has 1 N–H and O–H groups in total. The molecule has 0 aliphatic carbocycles. The number of carbonyl (C=O) groups is 1. The van der Waals surface area contributed by atoms with Gasteiger partial charge < -0.3 is 5.32 Å². The molecular formula is C14H8Cl3N5O. The van der Waals surface area contributed by atoms with Crippen molar-refractivity contribution in [2.24, 2.45) is 0 Å². The van der Waals surface area contributed by atoms with Crippen molar-refractivity contribution in [2.75, 3.05) is 5.32 Å². The highest BCUT2D eigenvalue weighted by Crippen LogP contribution is 2.27. The molecule has 2 aromatic carbocycles. The molecule has 0 aliphatic heterocycles. The molecule has 3 aromatic rings. The largest absolute Gasteiger partial charge is 0.321 e. The van der Waals surface area contributed by atoms with E-state index in [-0.39, 0.29) is 0 Å². The number of aromatic nitrogens is 4. The maximum atomic E-state index is 12.6. The van der Waals surface area contributed by atoms with Gasteiger partial charge in [-0.2, -0.15) is 4.68 Å². The quantitative estimate of drug-likeness (QED) is 0.761. The van der Waals surface area contributed by atoms with Crippen LogP contribution in [0.3, 0.4) is 0 Å². The van der Waals surface area contributed by atoms with E-state index in [1.807, 2.05) is 0 Å². The molecule has 0 unspecified atom stereocenters. The molecule has 1 heterocycles. The van der Waals surface area contributed by atoms with Crippen LogP contribution in [0.4, 0.5) is 5.69 Å². The maximum absolute atomic E-state index is 12.6. The third-order valence-electron chi connectivity index (χ3n) is 2.98. The second-order valence-corrected chi connectivity index (χ2v) is 5.77. The Hall–Kier alpha value is -2.15. The van der Waals surface area contributed by atoms with Crippen molar-refractivity contribution in [1.29, 1.82) is 0 Å². The van der Waals surface area contributed by atoms with E-state index in [2.05, 4.69) is 20.8 Å². The Morgan fingerprint density at radius 2 is 1.78 bits per heavy atom. The molecule has 9 heteroatoms. The van der Waals surface area contributed by atoms with Gasteiger partial charge in [0.15, 0.2) is 0 Å². The predicted molar refractivity (Wildman–Crippen MR) is 88.6 cm³/mol. The van der Waals surface area contributed by atoms with Gasteiger partial charge >= 0.3 is 0 Å². The Morgan fingerprint density at radius 3 is 2.52 bits per heavy atom. The molecule has 0 aliphatic rings. The van der Waals surface area contributed by atoms with Crippen LogP contribution in [0.2, 0.25) is 15.1 Å². The number of hydrogen-bond acceptors (Lipinski definition) is 4.